The number of amides is 1. The third kappa shape index (κ3) is 2.97. The van der Waals surface area contributed by atoms with Gasteiger partial charge in [0.1, 0.15) is 0 Å². The van der Waals surface area contributed by atoms with Gasteiger partial charge >= 0.3 is 0 Å². The second-order valence-corrected chi connectivity index (χ2v) is 4.05. The number of rotatable bonds is 4. The number of carbonyl (C=O) groups excluding carboxylic acids is 1. The molecule has 0 bridgehead atoms. The lowest BCUT2D eigenvalue weighted by atomic mass is 10.1. The predicted octanol–water partition coefficient (Wildman–Crippen LogP) is 1.88. The summed E-state index contributed by atoms with van der Waals surface area (Å²) >= 11 is 5.67. The fourth-order valence-corrected chi connectivity index (χ4v) is 1.44. The van der Waals surface area contributed by atoms with Gasteiger partial charge in [-0.05, 0) is 24.6 Å². The molecular formula is C12H16ClNO2. The first kappa shape index (κ1) is 13.0. The van der Waals surface area contributed by atoms with Crippen LogP contribution in [-0.4, -0.2) is 35.6 Å². The summed E-state index contributed by atoms with van der Waals surface area (Å²) in [6.07, 6.45) is 0. The predicted molar refractivity (Wildman–Crippen MR) is 64.6 cm³/mol. The minimum absolute atomic E-state index is 0.0397. The van der Waals surface area contributed by atoms with Crippen LogP contribution in [0.15, 0.2) is 24.3 Å². The minimum atomic E-state index is -0.180. The molecule has 1 atom stereocenters. The molecule has 0 aliphatic heterocycles. The number of benzene rings is 1. The number of carbonyl (C=O) groups is 1. The van der Waals surface area contributed by atoms with Crippen LogP contribution in [0, 0.1) is 0 Å². The lowest BCUT2D eigenvalue weighted by molar-refractivity contribution is 0.0682. The molecule has 0 fully saturated rings. The van der Waals surface area contributed by atoms with Crippen molar-refractivity contribution in [1.29, 1.82) is 0 Å². The van der Waals surface area contributed by atoms with E-state index in [0.717, 1.165) is 5.56 Å². The fourth-order valence-electron chi connectivity index (χ4n) is 1.26. The van der Waals surface area contributed by atoms with Crippen molar-refractivity contribution in [2.24, 2.45) is 0 Å². The van der Waals surface area contributed by atoms with E-state index in [1.54, 1.807) is 26.1 Å². The van der Waals surface area contributed by atoms with Crippen molar-refractivity contribution in [3.8, 4) is 0 Å². The summed E-state index contributed by atoms with van der Waals surface area (Å²) in [6, 6.07) is 6.98. The minimum Gasteiger partial charge on any atom is -0.394 e. The quantitative estimate of drug-likeness (QED) is 0.818. The van der Waals surface area contributed by atoms with Crippen LogP contribution in [0.25, 0.3) is 0 Å². The maximum atomic E-state index is 11.9. The van der Waals surface area contributed by atoms with Crippen LogP contribution in [0.5, 0.6) is 0 Å². The van der Waals surface area contributed by atoms with Crippen LogP contribution in [0.4, 0.5) is 0 Å². The maximum absolute atomic E-state index is 11.9. The molecule has 0 heterocycles. The normalized spacial score (nSPS) is 12.2. The zero-order chi connectivity index (χ0) is 12.1. The first-order valence-electron chi connectivity index (χ1n) is 5.13. The van der Waals surface area contributed by atoms with Gasteiger partial charge in [-0.1, -0.05) is 12.1 Å². The molecule has 1 N–H and O–H groups in total. The Balaban J connectivity index is 2.80. The summed E-state index contributed by atoms with van der Waals surface area (Å²) in [4.78, 5) is 13.4. The summed E-state index contributed by atoms with van der Waals surface area (Å²) in [7, 11) is 1.68. The molecule has 0 aliphatic carbocycles. The molecule has 3 nitrogen and oxygen atoms in total. The molecule has 4 heteroatoms. The highest BCUT2D eigenvalue weighted by Crippen LogP contribution is 2.10. The van der Waals surface area contributed by atoms with Gasteiger partial charge in [0, 0.05) is 18.5 Å². The van der Waals surface area contributed by atoms with Crippen molar-refractivity contribution in [2.75, 3.05) is 13.7 Å². The van der Waals surface area contributed by atoms with E-state index in [1.165, 1.54) is 4.90 Å². The topological polar surface area (TPSA) is 40.5 Å². The van der Waals surface area contributed by atoms with Crippen molar-refractivity contribution in [1.82, 2.24) is 4.90 Å². The number of aliphatic hydroxyl groups is 1. The van der Waals surface area contributed by atoms with Gasteiger partial charge in [0.25, 0.3) is 5.91 Å². The Bertz CT molecular complexity index is 351. The van der Waals surface area contributed by atoms with Gasteiger partial charge in [-0.25, -0.2) is 0 Å². The smallest absolute Gasteiger partial charge is 0.253 e. The average Bonchev–Trinajstić information content (AvgIpc) is 2.36. The fraction of sp³-hybridized carbons (Fsp3) is 0.417. The highest BCUT2D eigenvalue weighted by Gasteiger charge is 2.16. The SMILES string of the molecule is CC(CO)N(C)C(=O)c1ccc(CCl)cc1. The summed E-state index contributed by atoms with van der Waals surface area (Å²) in [5, 5.41) is 8.97. The van der Waals surface area contributed by atoms with Crippen molar-refractivity contribution in [2.45, 2.75) is 18.8 Å². The third-order valence-electron chi connectivity index (χ3n) is 2.60. The Hall–Kier alpha value is -1.06. The number of hydrogen-bond acceptors (Lipinski definition) is 2. The first-order valence-corrected chi connectivity index (χ1v) is 5.66. The number of aliphatic hydroxyl groups excluding tert-OH is 1. The average molecular weight is 242 g/mol. The maximum Gasteiger partial charge on any atom is 0.253 e. The lowest BCUT2D eigenvalue weighted by Crippen LogP contribution is -2.37. The molecule has 16 heavy (non-hydrogen) atoms. The van der Waals surface area contributed by atoms with Crippen LogP contribution in [0.2, 0.25) is 0 Å². The number of nitrogens with zero attached hydrogens (tertiary/aromatic N) is 1. The zero-order valence-electron chi connectivity index (χ0n) is 9.48. The molecule has 0 saturated carbocycles. The van der Waals surface area contributed by atoms with Gasteiger partial charge in [0.15, 0.2) is 0 Å². The van der Waals surface area contributed by atoms with E-state index in [2.05, 4.69) is 0 Å². The van der Waals surface area contributed by atoms with E-state index in [9.17, 15) is 4.79 Å². The second kappa shape index (κ2) is 5.87. The van der Waals surface area contributed by atoms with Crippen LogP contribution in [-0.2, 0) is 5.88 Å². The van der Waals surface area contributed by atoms with Gasteiger partial charge in [-0.15, -0.1) is 11.6 Å². The molecule has 1 unspecified atom stereocenters. The zero-order valence-corrected chi connectivity index (χ0v) is 10.2. The van der Waals surface area contributed by atoms with Crippen molar-refractivity contribution in [3.63, 3.8) is 0 Å². The van der Waals surface area contributed by atoms with Gasteiger partial charge in [-0.3, -0.25) is 4.79 Å². The highest BCUT2D eigenvalue weighted by atomic mass is 35.5. The molecule has 88 valence electrons. The van der Waals surface area contributed by atoms with Crippen LogP contribution in [0.1, 0.15) is 22.8 Å². The number of alkyl halides is 1. The standard InChI is InChI=1S/C12H16ClNO2/c1-9(8-15)14(2)12(16)11-5-3-10(7-13)4-6-11/h3-6,9,15H,7-8H2,1-2H3. The molecule has 0 saturated heterocycles. The Morgan fingerprint density at radius 3 is 2.44 bits per heavy atom. The summed E-state index contributed by atoms with van der Waals surface area (Å²) in [6.45, 7) is 1.76. The highest BCUT2D eigenvalue weighted by molar-refractivity contribution is 6.17. The van der Waals surface area contributed by atoms with E-state index in [-0.39, 0.29) is 18.6 Å². The van der Waals surface area contributed by atoms with E-state index >= 15 is 0 Å². The lowest BCUT2D eigenvalue weighted by Gasteiger charge is -2.23. The van der Waals surface area contributed by atoms with Gasteiger partial charge in [-0.2, -0.15) is 0 Å². The Morgan fingerprint density at radius 1 is 1.44 bits per heavy atom. The summed E-state index contributed by atoms with van der Waals surface area (Å²) < 4.78 is 0. The molecule has 0 aliphatic rings. The molecule has 0 radical (unpaired) electrons. The summed E-state index contributed by atoms with van der Waals surface area (Å²) in [5.41, 5.74) is 1.59. The Labute approximate surface area is 101 Å². The van der Waals surface area contributed by atoms with Gasteiger partial charge in [0.2, 0.25) is 0 Å². The summed E-state index contributed by atoms with van der Waals surface area (Å²) in [5.74, 6) is 0.347. The number of likely N-dealkylation sites (N-methyl/N-ethyl adjacent to an activating group) is 1. The van der Waals surface area contributed by atoms with Crippen molar-refractivity contribution >= 4 is 17.5 Å². The van der Waals surface area contributed by atoms with E-state index in [4.69, 9.17) is 16.7 Å². The molecule has 1 amide bonds. The van der Waals surface area contributed by atoms with E-state index < -0.39 is 0 Å². The monoisotopic (exact) mass is 241 g/mol. The molecular weight excluding hydrogens is 226 g/mol. The molecule has 1 aromatic carbocycles. The Kier molecular flexibility index (Phi) is 4.77. The van der Waals surface area contributed by atoms with Crippen molar-refractivity contribution < 1.29 is 9.90 Å². The van der Waals surface area contributed by atoms with Crippen LogP contribution >= 0.6 is 11.6 Å². The Morgan fingerprint density at radius 2 is 2.00 bits per heavy atom. The molecule has 1 rings (SSSR count). The molecule has 0 aromatic heterocycles. The van der Waals surface area contributed by atoms with Gasteiger partial charge < -0.3 is 10.0 Å². The van der Waals surface area contributed by atoms with Crippen LogP contribution < -0.4 is 0 Å². The number of hydrogen-bond donors (Lipinski definition) is 1. The first-order chi connectivity index (χ1) is 7.60. The van der Waals surface area contributed by atoms with E-state index in [0.29, 0.717) is 11.4 Å². The third-order valence-corrected chi connectivity index (χ3v) is 2.91. The van der Waals surface area contributed by atoms with Gasteiger partial charge in [0.05, 0.1) is 12.6 Å². The van der Waals surface area contributed by atoms with Crippen molar-refractivity contribution in [3.05, 3.63) is 35.4 Å². The van der Waals surface area contributed by atoms with Crippen LogP contribution in [0.3, 0.4) is 0 Å². The molecule has 1 aromatic rings. The largest absolute Gasteiger partial charge is 0.394 e. The number of halogens is 1. The van der Waals surface area contributed by atoms with E-state index in [1.807, 2.05) is 12.1 Å². The molecule has 0 spiro atoms. The second-order valence-electron chi connectivity index (χ2n) is 3.78.